The molecule has 0 atom stereocenters. The number of hydrogen-bond acceptors (Lipinski definition) is 6. The maximum absolute atomic E-state index is 6.58. The first-order valence-electron chi connectivity index (χ1n) is 12.9. The van der Waals surface area contributed by atoms with Crippen molar-refractivity contribution in [3.63, 3.8) is 0 Å². The van der Waals surface area contributed by atoms with Crippen molar-refractivity contribution < 1.29 is 13.9 Å². The third-order valence-electron chi connectivity index (χ3n) is 7.51. The molecule has 1 aliphatic rings. The van der Waals surface area contributed by atoms with Gasteiger partial charge in [0, 0.05) is 42.5 Å². The van der Waals surface area contributed by atoms with Crippen molar-refractivity contribution in [1.29, 1.82) is 0 Å². The van der Waals surface area contributed by atoms with Crippen LogP contribution in [0, 0.1) is 6.92 Å². The summed E-state index contributed by atoms with van der Waals surface area (Å²) < 4.78 is 17.7. The smallest absolute Gasteiger partial charge is 0.192 e. The Balaban J connectivity index is 1.68. The second kappa shape index (κ2) is 10.8. The minimum Gasteiger partial charge on any atom is -0.497 e. The number of fused-ring (bicyclic) bond motifs is 1. The molecule has 7 heteroatoms. The van der Waals surface area contributed by atoms with Crippen LogP contribution in [0.3, 0.4) is 0 Å². The van der Waals surface area contributed by atoms with Gasteiger partial charge in [0.2, 0.25) is 0 Å². The van der Waals surface area contributed by atoms with E-state index in [0.29, 0.717) is 6.61 Å². The molecule has 3 aromatic rings. The molecule has 2 heterocycles. The zero-order valence-electron chi connectivity index (χ0n) is 22.9. The lowest BCUT2D eigenvalue weighted by molar-refractivity contribution is 0.122. The lowest BCUT2D eigenvalue weighted by Gasteiger charge is -2.37. The van der Waals surface area contributed by atoms with Crippen LogP contribution in [0.1, 0.15) is 26.3 Å². The van der Waals surface area contributed by atoms with Crippen LogP contribution in [0.5, 0.6) is 5.75 Å². The predicted octanol–water partition coefficient (Wildman–Crippen LogP) is 6.55. The molecule has 1 aliphatic heterocycles. The molecule has 1 fully saturated rings. The maximum atomic E-state index is 6.58. The van der Waals surface area contributed by atoms with Crippen molar-refractivity contribution >= 4 is 36.3 Å². The van der Waals surface area contributed by atoms with Crippen molar-refractivity contribution in [3.8, 4) is 5.75 Å². The van der Waals surface area contributed by atoms with Crippen LogP contribution in [0.25, 0.3) is 10.9 Å². The molecule has 0 spiro atoms. The number of pyridine rings is 1. The minimum atomic E-state index is -1.85. The fourth-order valence-corrected chi connectivity index (χ4v) is 5.32. The Morgan fingerprint density at radius 2 is 1.78 bits per heavy atom. The van der Waals surface area contributed by atoms with E-state index < -0.39 is 8.32 Å². The van der Waals surface area contributed by atoms with Gasteiger partial charge in [-0.2, -0.15) is 0 Å². The fraction of sp³-hybridized carbons (Fsp3) is 0.483. The Kier molecular flexibility index (Phi) is 7.92. The van der Waals surface area contributed by atoms with Gasteiger partial charge in [-0.05, 0) is 67.0 Å². The molecule has 0 N–H and O–H groups in total. The first kappa shape index (κ1) is 26.4. The first-order chi connectivity index (χ1) is 17.1. The summed E-state index contributed by atoms with van der Waals surface area (Å²) in [6.07, 6.45) is 1.98. The summed E-state index contributed by atoms with van der Waals surface area (Å²) >= 11 is 0. The highest BCUT2D eigenvalue weighted by molar-refractivity contribution is 6.74. The fourth-order valence-electron chi connectivity index (χ4n) is 4.29. The van der Waals surface area contributed by atoms with E-state index in [-0.39, 0.29) is 5.04 Å². The summed E-state index contributed by atoms with van der Waals surface area (Å²) in [5, 5.41) is 1.31. The lowest BCUT2D eigenvalue weighted by Crippen LogP contribution is -2.42. The molecule has 1 aromatic heterocycles. The number of ether oxygens (including phenoxy) is 2. The molecule has 1 saturated heterocycles. The predicted molar refractivity (Wildman–Crippen MR) is 153 cm³/mol. The van der Waals surface area contributed by atoms with Crippen LogP contribution >= 0.6 is 0 Å². The van der Waals surface area contributed by atoms with Crippen LogP contribution < -0.4 is 14.5 Å². The monoisotopic (exact) mass is 507 g/mol. The van der Waals surface area contributed by atoms with Crippen LogP contribution in [0.2, 0.25) is 18.1 Å². The van der Waals surface area contributed by atoms with Crippen molar-refractivity contribution in [3.05, 3.63) is 54.2 Å². The Hall–Kier alpha value is -2.61. The third kappa shape index (κ3) is 6.02. The highest BCUT2D eigenvalue weighted by atomic mass is 28.4. The minimum absolute atomic E-state index is 0.175. The Bertz CT molecular complexity index is 1190. The van der Waals surface area contributed by atoms with Crippen LogP contribution in [-0.2, 0) is 9.16 Å². The highest BCUT2D eigenvalue weighted by Gasteiger charge is 2.37. The second-order valence-electron chi connectivity index (χ2n) is 11.1. The van der Waals surface area contributed by atoms with Crippen molar-refractivity contribution in [1.82, 2.24) is 4.98 Å². The van der Waals surface area contributed by atoms with E-state index in [1.54, 1.807) is 7.11 Å². The molecule has 194 valence electrons. The van der Waals surface area contributed by atoms with Crippen LogP contribution in [0.15, 0.2) is 48.7 Å². The molecular formula is C29H41N3O3Si. The summed E-state index contributed by atoms with van der Waals surface area (Å²) in [6, 6.07) is 15.1. The van der Waals surface area contributed by atoms with Crippen LogP contribution in [0.4, 0.5) is 17.1 Å². The number of morpholine rings is 1. The summed E-state index contributed by atoms with van der Waals surface area (Å²) in [7, 11) is -0.129. The molecule has 0 saturated carbocycles. The zero-order chi connectivity index (χ0) is 25.9. The highest BCUT2D eigenvalue weighted by Crippen LogP contribution is 2.37. The van der Waals surface area contributed by atoms with Gasteiger partial charge >= 0.3 is 0 Å². The molecule has 6 nitrogen and oxygen atoms in total. The molecular weight excluding hydrogens is 466 g/mol. The number of rotatable bonds is 8. The molecule has 4 rings (SSSR count). The number of hydrogen-bond donors (Lipinski definition) is 0. The number of anilines is 3. The van der Waals surface area contributed by atoms with Gasteiger partial charge in [-0.3, -0.25) is 4.98 Å². The third-order valence-corrected chi connectivity index (χ3v) is 12.0. The normalized spacial score (nSPS) is 14.8. The molecule has 0 aliphatic carbocycles. The van der Waals surface area contributed by atoms with E-state index >= 15 is 0 Å². The number of nitrogens with zero attached hydrogens (tertiary/aromatic N) is 3. The second-order valence-corrected chi connectivity index (χ2v) is 15.9. The molecule has 0 amide bonds. The van der Waals surface area contributed by atoms with Gasteiger partial charge in [0.05, 0.1) is 44.3 Å². The van der Waals surface area contributed by atoms with Gasteiger partial charge in [-0.15, -0.1) is 0 Å². The number of aromatic nitrogens is 1. The molecule has 0 radical (unpaired) electrons. The molecule has 36 heavy (non-hydrogen) atoms. The summed E-state index contributed by atoms with van der Waals surface area (Å²) in [5.74, 6) is 0.859. The van der Waals surface area contributed by atoms with Crippen LogP contribution in [-0.4, -0.2) is 59.9 Å². The molecule has 2 aromatic carbocycles. The van der Waals surface area contributed by atoms with E-state index in [9.17, 15) is 0 Å². The number of benzene rings is 2. The van der Waals surface area contributed by atoms with Crippen molar-refractivity contribution in [2.75, 3.05) is 56.4 Å². The van der Waals surface area contributed by atoms with Crippen molar-refractivity contribution in [2.24, 2.45) is 0 Å². The van der Waals surface area contributed by atoms with Gasteiger partial charge in [-0.25, -0.2) is 0 Å². The lowest BCUT2D eigenvalue weighted by atomic mass is 10.1. The van der Waals surface area contributed by atoms with Gasteiger partial charge in [0.15, 0.2) is 8.32 Å². The summed E-state index contributed by atoms with van der Waals surface area (Å²) in [5.41, 5.74) is 5.53. The van der Waals surface area contributed by atoms with Gasteiger partial charge in [0.25, 0.3) is 0 Å². The summed E-state index contributed by atoms with van der Waals surface area (Å²) in [6.45, 7) is 18.3. The Labute approximate surface area is 217 Å². The van der Waals surface area contributed by atoms with Gasteiger partial charge in [0.1, 0.15) is 5.75 Å². The Morgan fingerprint density at radius 3 is 2.47 bits per heavy atom. The van der Waals surface area contributed by atoms with E-state index in [2.05, 4.69) is 93.1 Å². The number of methoxy groups -OCH3 is 1. The first-order valence-corrected chi connectivity index (χ1v) is 15.8. The SMILES string of the molecule is COc1cc(C)cc(N(CCO[Si](C)(C)C(C)(C)C)c2ccc3ncc(N4CCOCC4)cc3c2)c1. The maximum Gasteiger partial charge on any atom is 0.192 e. The quantitative estimate of drug-likeness (QED) is 0.322. The zero-order valence-corrected chi connectivity index (χ0v) is 23.9. The standard InChI is InChI=1S/C29H41N3O3Si/c1-22-16-25(20-27(17-22)33-5)32(12-15-35-36(6,7)29(2,3)4)24-8-9-28-23(18-24)19-26(21-30-28)31-10-13-34-14-11-31/h8-9,16-21H,10-15H2,1-7H3. The van der Waals surface area contributed by atoms with Crippen molar-refractivity contribution in [2.45, 2.75) is 45.8 Å². The Morgan fingerprint density at radius 1 is 1.03 bits per heavy atom. The number of aryl methyl sites for hydroxylation is 1. The van der Waals surface area contributed by atoms with Gasteiger partial charge in [-0.1, -0.05) is 20.8 Å². The van der Waals surface area contributed by atoms with E-state index in [1.165, 1.54) is 0 Å². The average molecular weight is 508 g/mol. The largest absolute Gasteiger partial charge is 0.497 e. The topological polar surface area (TPSA) is 47.1 Å². The van der Waals surface area contributed by atoms with Gasteiger partial charge < -0.3 is 23.7 Å². The molecule has 0 unspecified atom stereocenters. The van der Waals surface area contributed by atoms with E-state index in [1.807, 2.05) is 6.20 Å². The molecule has 0 bridgehead atoms. The summed E-state index contributed by atoms with van der Waals surface area (Å²) in [4.78, 5) is 9.44. The average Bonchev–Trinajstić information content (AvgIpc) is 2.85. The van der Waals surface area contributed by atoms with E-state index in [4.69, 9.17) is 18.9 Å². The van der Waals surface area contributed by atoms with E-state index in [0.717, 1.165) is 72.1 Å².